The maximum atomic E-state index is 3.55. The molecule has 1 heterocycles. The van der Waals surface area contributed by atoms with Gasteiger partial charge in [0.2, 0.25) is 0 Å². The van der Waals surface area contributed by atoms with Gasteiger partial charge in [-0.2, -0.15) is 0 Å². The fourth-order valence-corrected chi connectivity index (χ4v) is 3.37. The molecule has 0 fully saturated rings. The Kier molecular flexibility index (Phi) is 4.28. The summed E-state index contributed by atoms with van der Waals surface area (Å²) in [5, 5.41) is 3.50. The summed E-state index contributed by atoms with van der Waals surface area (Å²) in [7, 11) is 0. The summed E-state index contributed by atoms with van der Waals surface area (Å²) in [5.41, 5.74) is 2.39. The number of rotatable bonds is 3. The molecule has 0 bridgehead atoms. The van der Waals surface area contributed by atoms with E-state index in [0.717, 1.165) is 10.2 Å². The van der Waals surface area contributed by atoms with E-state index in [4.69, 9.17) is 0 Å². The zero-order valence-electron chi connectivity index (χ0n) is 9.63. The number of nitrogens with one attached hydrogen (secondary N) is 1. The zero-order valence-corrected chi connectivity index (χ0v) is 13.6. The van der Waals surface area contributed by atoms with Gasteiger partial charge >= 0.3 is 0 Å². The standard InChI is InChI=1S/C13H13Br2NS/c1-8-3-4-10(7-11(8)14)16-9(2)12-5-6-13(15)17-12/h3-7,9,16H,1-2H3. The quantitative estimate of drug-likeness (QED) is 0.720. The second-order valence-corrected chi connectivity index (χ2v) is 7.32. The third-order valence-electron chi connectivity index (χ3n) is 2.58. The Balaban J connectivity index is 2.12. The molecular weight excluding hydrogens is 362 g/mol. The first-order valence-electron chi connectivity index (χ1n) is 5.34. The van der Waals surface area contributed by atoms with Gasteiger partial charge in [-0.1, -0.05) is 22.0 Å². The highest BCUT2D eigenvalue weighted by molar-refractivity contribution is 9.11. The van der Waals surface area contributed by atoms with Crippen molar-refractivity contribution in [2.24, 2.45) is 0 Å². The Bertz CT molecular complexity index is 522. The van der Waals surface area contributed by atoms with Crippen LogP contribution in [0.1, 0.15) is 23.4 Å². The molecule has 1 aromatic carbocycles. The van der Waals surface area contributed by atoms with Crippen LogP contribution in [0.2, 0.25) is 0 Å². The fraction of sp³-hybridized carbons (Fsp3) is 0.231. The van der Waals surface area contributed by atoms with Crippen molar-refractivity contribution in [2.45, 2.75) is 19.9 Å². The maximum absolute atomic E-state index is 3.55. The molecule has 2 rings (SSSR count). The average Bonchev–Trinajstić information content (AvgIpc) is 2.70. The van der Waals surface area contributed by atoms with Crippen molar-refractivity contribution in [1.82, 2.24) is 0 Å². The summed E-state index contributed by atoms with van der Waals surface area (Å²) in [6, 6.07) is 10.9. The lowest BCUT2D eigenvalue weighted by molar-refractivity contribution is 0.908. The first kappa shape index (κ1) is 13.1. The molecule has 1 nitrogen and oxygen atoms in total. The number of benzene rings is 1. The predicted molar refractivity (Wildman–Crippen MR) is 82.9 cm³/mol. The molecule has 0 aliphatic rings. The molecule has 0 radical (unpaired) electrons. The molecule has 0 amide bonds. The van der Waals surface area contributed by atoms with Crippen LogP contribution in [-0.4, -0.2) is 0 Å². The fourth-order valence-electron chi connectivity index (χ4n) is 1.56. The van der Waals surface area contributed by atoms with Crippen LogP contribution in [-0.2, 0) is 0 Å². The summed E-state index contributed by atoms with van der Waals surface area (Å²) >= 11 is 8.81. The number of halogens is 2. The van der Waals surface area contributed by atoms with Gasteiger partial charge in [-0.25, -0.2) is 0 Å². The van der Waals surface area contributed by atoms with Gasteiger partial charge in [-0.05, 0) is 59.6 Å². The van der Waals surface area contributed by atoms with Gasteiger partial charge in [-0.15, -0.1) is 11.3 Å². The molecule has 1 aromatic heterocycles. The van der Waals surface area contributed by atoms with Crippen molar-refractivity contribution >= 4 is 48.9 Å². The van der Waals surface area contributed by atoms with E-state index in [1.54, 1.807) is 11.3 Å². The van der Waals surface area contributed by atoms with E-state index in [1.165, 1.54) is 14.2 Å². The minimum absolute atomic E-state index is 0.320. The lowest BCUT2D eigenvalue weighted by atomic mass is 10.2. The molecule has 0 saturated carbocycles. The Labute approximate surface area is 123 Å². The summed E-state index contributed by atoms with van der Waals surface area (Å²) in [5.74, 6) is 0. The number of aryl methyl sites for hydroxylation is 1. The van der Waals surface area contributed by atoms with Crippen molar-refractivity contribution in [3.8, 4) is 0 Å². The molecule has 17 heavy (non-hydrogen) atoms. The lowest BCUT2D eigenvalue weighted by Crippen LogP contribution is -2.04. The molecule has 0 aliphatic carbocycles. The molecule has 4 heteroatoms. The van der Waals surface area contributed by atoms with Crippen LogP contribution in [0.15, 0.2) is 38.6 Å². The van der Waals surface area contributed by atoms with E-state index < -0.39 is 0 Å². The zero-order chi connectivity index (χ0) is 12.4. The molecule has 1 unspecified atom stereocenters. The van der Waals surface area contributed by atoms with E-state index in [2.05, 4.69) is 81.4 Å². The first-order chi connectivity index (χ1) is 8.06. The van der Waals surface area contributed by atoms with Crippen LogP contribution < -0.4 is 5.32 Å². The van der Waals surface area contributed by atoms with Gasteiger partial charge in [-0.3, -0.25) is 0 Å². The van der Waals surface area contributed by atoms with Gasteiger partial charge in [0, 0.05) is 15.0 Å². The van der Waals surface area contributed by atoms with E-state index in [1.807, 2.05) is 0 Å². The number of hydrogen-bond acceptors (Lipinski definition) is 2. The Morgan fingerprint density at radius 2 is 1.94 bits per heavy atom. The van der Waals surface area contributed by atoms with Crippen LogP contribution in [0, 0.1) is 6.92 Å². The van der Waals surface area contributed by atoms with Crippen LogP contribution >= 0.6 is 43.2 Å². The highest BCUT2D eigenvalue weighted by atomic mass is 79.9. The number of hydrogen-bond donors (Lipinski definition) is 1. The van der Waals surface area contributed by atoms with Crippen LogP contribution in [0.3, 0.4) is 0 Å². The van der Waals surface area contributed by atoms with E-state index in [-0.39, 0.29) is 0 Å². The molecule has 2 aromatic rings. The Morgan fingerprint density at radius 1 is 1.18 bits per heavy atom. The SMILES string of the molecule is Cc1ccc(NC(C)c2ccc(Br)s2)cc1Br. The van der Waals surface area contributed by atoms with Crippen LogP contribution in [0.4, 0.5) is 5.69 Å². The Hall–Kier alpha value is -0.320. The highest BCUT2D eigenvalue weighted by Gasteiger charge is 2.08. The molecule has 1 atom stereocenters. The van der Waals surface area contributed by atoms with Crippen LogP contribution in [0.25, 0.3) is 0 Å². The molecule has 0 spiro atoms. The van der Waals surface area contributed by atoms with Gasteiger partial charge in [0.15, 0.2) is 0 Å². The third kappa shape index (κ3) is 3.33. The summed E-state index contributed by atoms with van der Waals surface area (Å²) in [4.78, 5) is 1.33. The average molecular weight is 375 g/mol. The van der Waals surface area contributed by atoms with E-state index in [0.29, 0.717) is 6.04 Å². The van der Waals surface area contributed by atoms with Crippen LogP contribution in [0.5, 0.6) is 0 Å². The minimum atomic E-state index is 0.320. The van der Waals surface area contributed by atoms with Crippen molar-refractivity contribution < 1.29 is 0 Å². The van der Waals surface area contributed by atoms with Crippen molar-refractivity contribution in [3.63, 3.8) is 0 Å². The predicted octanol–water partition coefficient (Wildman–Crippen LogP) is 5.75. The minimum Gasteiger partial charge on any atom is -0.378 e. The monoisotopic (exact) mass is 373 g/mol. The summed E-state index contributed by atoms with van der Waals surface area (Å²) in [6.07, 6.45) is 0. The van der Waals surface area contributed by atoms with Crippen molar-refractivity contribution in [1.29, 1.82) is 0 Å². The normalized spacial score (nSPS) is 12.5. The number of anilines is 1. The molecule has 90 valence electrons. The molecule has 0 saturated heterocycles. The largest absolute Gasteiger partial charge is 0.378 e. The highest BCUT2D eigenvalue weighted by Crippen LogP contribution is 2.30. The van der Waals surface area contributed by atoms with Crippen molar-refractivity contribution in [2.75, 3.05) is 5.32 Å². The van der Waals surface area contributed by atoms with E-state index in [9.17, 15) is 0 Å². The lowest BCUT2D eigenvalue weighted by Gasteiger charge is -2.14. The number of thiophene rings is 1. The second kappa shape index (κ2) is 5.55. The van der Waals surface area contributed by atoms with E-state index >= 15 is 0 Å². The molecule has 0 aliphatic heterocycles. The van der Waals surface area contributed by atoms with Gasteiger partial charge < -0.3 is 5.32 Å². The Morgan fingerprint density at radius 3 is 2.53 bits per heavy atom. The van der Waals surface area contributed by atoms with Gasteiger partial charge in [0.25, 0.3) is 0 Å². The first-order valence-corrected chi connectivity index (χ1v) is 7.74. The second-order valence-electron chi connectivity index (χ2n) is 3.97. The molecule has 1 N–H and O–H groups in total. The van der Waals surface area contributed by atoms with Gasteiger partial charge in [0.1, 0.15) is 0 Å². The third-order valence-corrected chi connectivity index (χ3v) is 5.24. The smallest absolute Gasteiger partial charge is 0.0702 e. The molecular formula is C13H13Br2NS. The summed E-state index contributed by atoms with van der Waals surface area (Å²) in [6.45, 7) is 4.26. The summed E-state index contributed by atoms with van der Waals surface area (Å²) < 4.78 is 2.31. The maximum Gasteiger partial charge on any atom is 0.0702 e. The van der Waals surface area contributed by atoms with Gasteiger partial charge in [0.05, 0.1) is 9.83 Å². The topological polar surface area (TPSA) is 12.0 Å². The van der Waals surface area contributed by atoms with Crippen molar-refractivity contribution in [3.05, 3.63) is 49.0 Å².